The number of aromatic hydroxyl groups is 1. The fourth-order valence-electron chi connectivity index (χ4n) is 3.46. The highest BCUT2D eigenvalue weighted by atomic mass is 16.6. The number of H-pyrrole nitrogens is 1. The Balaban J connectivity index is 1.94. The van der Waals surface area contributed by atoms with E-state index >= 15 is 0 Å². The maximum absolute atomic E-state index is 12.9. The predicted molar refractivity (Wildman–Crippen MR) is 91.9 cm³/mol. The fraction of sp³-hybridized carbons (Fsp3) is 0. The summed E-state index contributed by atoms with van der Waals surface area (Å²) in [4.78, 5) is 26.6. The first-order chi connectivity index (χ1) is 12.1. The van der Waals surface area contributed by atoms with Gasteiger partial charge in [0, 0.05) is 17.6 Å². The van der Waals surface area contributed by atoms with Crippen LogP contribution in [0.4, 0.5) is 5.69 Å². The Morgan fingerprint density at radius 3 is 2.60 bits per heavy atom. The smallest absolute Gasteiger partial charge is 0.340 e. The van der Waals surface area contributed by atoms with Crippen molar-refractivity contribution in [3.8, 4) is 11.6 Å². The molecule has 0 radical (unpaired) electrons. The van der Waals surface area contributed by atoms with E-state index in [-0.39, 0.29) is 11.6 Å². The summed E-state index contributed by atoms with van der Waals surface area (Å²) in [6, 6.07) is 11.3. The van der Waals surface area contributed by atoms with Gasteiger partial charge in [0.15, 0.2) is 0 Å². The average molecular weight is 334 g/mol. The van der Waals surface area contributed by atoms with Crippen LogP contribution >= 0.6 is 0 Å². The van der Waals surface area contributed by atoms with Gasteiger partial charge in [-0.15, -0.1) is 0 Å². The van der Waals surface area contributed by atoms with Crippen LogP contribution in [-0.2, 0) is 0 Å². The number of rotatable bonds is 2. The molecule has 0 amide bonds. The van der Waals surface area contributed by atoms with Crippen LogP contribution in [0, 0.1) is 10.1 Å². The van der Waals surface area contributed by atoms with Gasteiger partial charge in [0.25, 0.3) is 5.69 Å². The van der Waals surface area contributed by atoms with Crippen LogP contribution < -0.4 is 5.69 Å². The lowest BCUT2D eigenvalue weighted by Crippen LogP contribution is -2.18. The molecule has 0 aliphatic carbocycles. The number of nitrogens with zero attached hydrogens (tertiary/aromatic N) is 3. The zero-order valence-electron chi connectivity index (χ0n) is 12.6. The Morgan fingerprint density at radius 2 is 1.88 bits per heavy atom. The standard InChI is InChI=1S/C17H10N4O4/c22-16-15-12-7-9(8-18-12)19(15)17(23)20(16)13-5-6-14(21(24)25)11-4-2-1-3-10(11)13/h1-8,18,22H. The molecule has 3 heterocycles. The quantitative estimate of drug-likeness (QED) is 0.382. The Kier molecular flexibility index (Phi) is 2.39. The van der Waals surface area contributed by atoms with Crippen molar-refractivity contribution in [1.82, 2.24) is 14.0 Å². The topological polar surface area (TPSA) is 106 Å². The Hall–Kier alpha value is -3.81. The summed E-state index contributed by atoms with van der Waals surface area (Å²) in [7, 11) is 0. The molecule has 2 N–H and O–H groups in total. The van der Waals surface area contributed by atoms with Crippen molar-refractivity contribution in [3.05, 3.63) is 69.3 Å². The Morgan fingerprint density at radius 1 is 1.12 bits per heavy atom. The number of nitro groups is 1. The fourth-order valence-corrected chi connectivity index (χ4v) is 3.46. The van der Waals surface area contributed by atoms with Crippen molar-refractivity contribution in [2.45, 2.75) is 0 Å². The van der Waals surface area contributed by atoms with Crippen LogP contribution in [0.3, 0.4) is 0 Å². The molecule has 2 bridgehead atoms. The van der Waals surface area contributed by atoms with Crippen molar-refractivity contribution < 1.29 is 10.0 Å². The summed E-state index contributed by atoms with van der Waals surface area (Å²) < 4.78 is 2.59. The number of aromatic nitrogens is 3. The molecule has 0 unspecified atom stereocenters. The second-order valence-electron chi connectivity index (χ2n) is 5.80. The van der Waals surface area contributed by atoms with E-state index in [9.17, 15) is 20.0 Å². The van der Waals surface area contributed by atoms with E-state index in [1.54, 1.807) is 36.5 Å². The van der Waals surface area contributed by atoms with Crippen molar-refractivity contribution >= 4 is 33.0 Å². The summed E-state index contributed by atoms with van der Waals surface area (Å²) in [5, 5.41) is 22.8. The minimum absolute atomic E-state index is 0.0502. The minimum Gasteiger partial charge on any atom is -0.493 e. The lowest BCUT2D eigenvalue weighted by molar-refractivity contribution is -0.383. The molecule has 0 saturated carbocycles. The van der Waals surface area contributed by atoms with Crippen LogP contribution in [-0.4, -0.2) is 24.0 Å². The minimum atomic E-state index is -0.464. The highest BCUT2D eigenvalue weighted by Crippen LogP contribution is 2.34. The number of hydrogen-bond donors (Lipinski definition) is 2. The molecule has 0 saturated heterocycles. The van der Waals surface area contributed by atoms with E-state index < -0.39 is 10.6 Å². The van der Waals surface area contributed by atoms with Crippen LogP contribution in [0.5, 0.6) is 5.88 Å². The molecule has 0 aliphatic rings. The maximum atomic E-state index is 12.9. The van der Waals surface area contributed by atoms with E-state index in [1.165, 1.54) is 21.1 Å². The number of aromatic amines is 1. The molecule has 2 aromatic carbocycles. The lowest BCUT2D eigenvalue weighted by atomic mass is 10.1. The van der Waals surface area contributed by atoms with E-state index in [0.29, 0.717) is 33.0 Å². The van der Waals surface area contributed by atoms with Gasteiger partial charge in [0.05, 0.1) is 27.0 Å². The van der Waals surface area contributed by atoms with Crippen molar-refractivity contribution in [1.29, 1.82) is 0 Å². The maximum Gasteiger partial charge on any atom is 0.340 e. The van der Waals surface area contributed by atoms with Gasteiger partial charge in [-0.1, -0.05) is 18.2 Å². The van der Waals surface area contributed by atoms with Crippen LogP contribution in [0.2, 0.25) is 0 Å². The molecule has 8 nitrogen and oxygen atoms in total. The number of hydrogen-bond acceptors (Lipinski definition) is 4. The van der Waals surface area contributed by atoms with Gasteiger partial charge in [0.1, 0.15) is 5.52 Å². The molecule has 0 atom stereocenters. The van der Waals surface area contributed by atoms with E-state index in [4.69, 9.17) is 0 Å². The normalized spacial score (nSPS) is 11.8. The first kappa shape index (κ1) is 13.6. The van der Waals surface area contributed by atoms with Gasteiger partial charge in [-0.2, -0.15) is 0 Å². The first-order valence-electron chi connectivity index (χ1n) is 7.50. The largest absolute Gasteiger partial charge is 0.493 e. The Labute approximate surface area is 138 Å². The number of fused-ring (bicyclic) bond motifs is 6. The van der Waals surface area contributed by atoms with Gasteiger partial charge in [-0.05, 0) is 18.2 Å². The highest BCUT2D eigenvalue weighted by molar-refractivity contribution is 5.98. The number of benzene rings is 2. The second-order valence-corrected chi connectivity index (χ2v) is 5.80. The molecule has 5 rings (SSSR count). The van der Waals surface area contributed by atoms with Crippen LogP contribution in [0.1, 0.15) is 0 Å². The Bertz CT molecular complexity index is 1360. The number of non-ortho nitro benzene ring substituents is 1. The SMILES string of the molecule is O=c1n(-c2ccc([N+](=O)[O-])c3ccccc23)c(O)c2c3cc(c[nH]3)n12. The average Bonchev–Trinajstić information content (AvgIpc) is 3.28. The van der Waals surface area contributed by atoms with Crippen molar-refractivity contribution in [2.75, 3.05) is 0 Å². The van der Waals surface area contributed by atoms with E-state index in [0.717, 1.165) is 0 Å². The molecular weight excluding hydrogens is 324 g/mol. The first-order valence-corrected chi connectivity index (χ1v) is 7.50. The number of nitrogens with one attached hydrogen (secondary N) is 1. The molecule has 8 heteroatoms. The predicted octanol–water partition coefficient (Wildman–Crippen LogP) is 2.78. The summed E-state index contributed by atoms with van der Waals surface area (Å²) in [5.41, 5.74) is 1.61. The van der Waals surface area contributed by atoms with E-state index in [2.05, 4.69) is 4.98 Å². The lowest BCUT2D eigenvalue weighted by Gasteiger charge is -2.08. The van der Waals surface area contributed by atoms with Gasteiger partial charge >= 0.3 is 5.69 Å². The van der Waals surface area contributed by atoms with Crippen LogP contribution in [0.15, 0.2) is 53.5 Å². The summed E-state index contributed by atoms with van der Waals surface area (Å²) in [6.07, 6.45) is 1.68. The molecular formula is C17H10N4O4. The molecule has 5 aromatic rings. The zero-order valence-corrected chi connectivity index (χ0v) is 12.6. The molecule has 0 spiro atoms. The van der Waals surface area contributed by atoms with Gasteiger partial charge in [0.2, 0.25) is 5.88 Å². The molecule has 25 heavy (non-hydrogen) atoms. The molecule has 0 aliphatic heterocycles. The second kappa shape index (κ2) is 4.38. The van der Waals surface area contributed by atoms with E-state index in [1.807, 2.05) is 0 Å². The molecule has 3 aromatic heterocycles. The molecule has 0 fully saturated rings. The third kappa shape index (κ3) is 1.57. The summed E-state index contributed by atoms with van der Waals surface area (Å²) in [6.45, 7) is 0. The van der Waals surface area contributed by atoms with Crippen molar-refractivity contribution in [2.24, 2.45) is 0 Å². The van der Waals surface area contributed by atoms with Crippen molar-refractivity contribution in [3.63, 3.8) is 0 Å². The summed E-state index contributed by atoms with van der Waals surface area (Å²) >= 11 is 0. The highest BCUT2D eigenvalue weighted by Gasteiger charge is 2.23. The third-order valence-electron chi connectivity index (χ3n) is 4.53. The molecule has 122 valence electrons. The monoisotopic (exact) mass is 334 g/mol. The number of nitro benzene ring substituents is 1. The van der Waals surface area contributed by atoms with Gasteiger partial charge < -0.3 is 10.1 Å². The summed E-state index contributed by atoms with van der Waals surface area (Å²) in [5.74, 6) is -0.203. The third-order valence-corrected chi connectivity index (χ3v) is 4.53. The van der Waals surface area contributed by atoms with Gasteiger partial charge in [-0.25, -0.2) is 9.36 Å². The van der Waals surface area contributed by atoms with Gasteiger partial charge in [-0.3, -0.25) is 14.5 Å². The number of imidazole rings is 1. The zero-order chi connectivity index (χ0) is 17.3. The van der Waals surface area contributed by atoms with Crippen LogP contribution in [0.25, 0.3) is 33.0 Å².